The molecule has 0 unspecified atom stereocenters. The van der Waals surface area contributed by atoms with E-state index in [0.717, 1.165) is 30.2 Å². The Morgan fingerprint density at radius 2 is 2.04 bits per heavy atom. The number of aliphatic imine (C=N–C) groups is 1. The van der Waals surface area contributed by atoms with Crippen molar-refractivity contribution < 1.29 is 5.11 Å². The first kappa shape index (κ1) is 19.9. The van der Waals surface area contributed by atoms with Crippen LogP contribution in [0.3, 0.4) is 0 Å². The molecule has 1 N–H and O–H groups in total. The zero-order valence-corrected chi connectivity index (χ0v) is 16.6. The summed E-state index contributed by atoms with van der Waals surface area (Å²) in [5.41, 5.74) is 1.14. The van der Waals surface area contributed by atoms with Crippen molar-refractivity contribution in [2.75, 3.05) is 0 Å². The normalized spacial score (nSPS) is 11.0. The van der Waals surface area contributed by atoms with E-state index in [1.54, 1.807) is 6.92 Å². The number of unbranched alkanes of at least 4 members (excludes halogenated alkanes) is 3. The van der Waals surface area contributed by atoms with E-state index in [1.165, 1.54) is 10.8 Å². The Kier molecular flexibility index (Phi) is 7.16. The number of rotatable bonds is 7. The van der Waals surface area contributed by atoms with Crippen LogP contribution in [0.1, 0.15) is 49.3 Å². The Labute approximate surface area is 161 Å². The molecule has 0 spiro atoms. The second kappa shape index (κ2) is 9.35. The van der Waals surface area contributed by atoms with Crippen LogP contribution in [0.25, 0.3) is 0 Å². The largest absolute Gasteiger partial charge is 0.494 e. The molecule has 5 nitrogen and oxygen atoms in total. The molecule has 0 radical (unpaired) electrons. The molecule has 0 aliphatic rings. The Morgan fingerprint density at radius 3 is 2.69 bits per heavy atom. The minimum Gasteiger partial charge on any atom is -0.494 e. The van der Waals surface area contributed by atoms with E-state index < -0.39 is 5.56 Å². The van der Waals surface area contributed by atoms with Gasteiger partial charge in [-0.2, -0.15) is 5.26 Å². The van der Waals surface area contributed by atoms with Crippen LogP contribution >= 0.6 is 15.9 Å². The topological polar surface area (TPSA) is 78.4 Å². The van der Waals surface area contributed by atoms with Crippen molar-refractivity contribution in [3.05, 3.63) is 55.8 Å². The third-order valence-electron chi connectivity index (χ3n) is 4.27. The molecular formula is C20H22BrN3O2. The van der Waals surface area contributed by atoms with Gasteiger partial charge in [-0.3, -0.25) is 14.4 Å². The summed E-state index contributed by atoms with van der Waals surface area (Å²) in [4.78, 5) is 16.9. The van der Waals surface area contributed by atoms with E-state index >= 15 is 0 Å². The molecular weight excluding hydrogens is 394 g/mol. The summed E-state index contributed by atoms with van der Waals surface area (Å²) < 4.78 is 2.10. The molecule has 1 aromatic carbocycles. The SMILES string of the molecule is CCCCCCn1c(O)c(C=Nc2ccccc2Br)c(C)c(C#N)c1=O. The summed E-state index contributed by atoms with van der Waals surface area (Å²) in [6.45, 7) is 4.15. The maximum absolute atomic E-state index is 12.5. The maximum atomic E-state index is 12.5. The van der Waals surface area contributed by atoms with Gasteiger partial charge in [0.2, 0.25) is 5.88 Å². The Morgan fingerprint density at radius 1 is 1.31 bits per heavy atom. The van der Waals surface area contributed by atoms with Gasteiger partial charge < -0.3 is 5.11 Å². The Bertz CT molecular complexity index is 910. The average Bonchev–Trinajstić information content (AvgIpc) is 2.62. The van der Waals surface area contributed by atoms with Crippen LogP contribution in [0.4, 0.5) is 5.69 Å². The summed E-state index contributed by atoms with van der Waals surface area (Å²) in [7, 11) is 0. The van der Waals surface area contributed by atoms with Crippen molar-refractivity contribution in [3.8, 4) is 11.9 Å². The minimum absolute atomic E-state index is 0.0480. The number of para-hydroxylation sites is 1. The summed E-state index contributed by atoms with van der Waals surface area (Å²) in [6.07, 6.45) is 5.41. The number of pyridine rings is 1. The van der Waals surface area contributed by atoms with Crippen LogP contribution in [0.5, 0.6) is 5.88 Å². The fourth-order valence-electron chi connectivity index (χ4n) is 2.72. The maximum Gasteiger partial charge on any atom is 0.271 e. The fourth-order valence-corrected chi connectivity index (χ4v) is 3.11. The number of halogens is 1. The quantitative estimate of drug-likeness (QED) is 0.519. The van der Waals surface area contributed by atoms with Crippen molar-refractivity contribution >= 4 is 27.8 Å². The molecule has 1 heterocycles. The zero-order chi connectivity index (χ0) is 19.1. The molecule has 0 amide bonds. The fraction of sp³-hybridized carbons (Fsp3) is 0.350. The summed E-state index contributed by atoms with van der Waals surface area (Å²) in [5.74, 6) is -0.140. The lowest BCUT2D eigenvalue weighted by molar-refractivity contribution is 0.397. The van der Waals surface area contributed by atoms with Gasteiger partial charge in [-0.05, 0) is 47.0 Å². The van der Waals surface area contributed by atoms with E-state index in [2.05, 4.69) is 27.8 Å². The molecule has 0 aliphatic carbocycles. The first-order valence-corrected chi connectivity index (χ1v) is 9.45. The highest BCUT2D eigenvalue weighted by atomic mass is 79.9. The molecule has 0 atom stereocenters. The van der Waals surface area contributed by atoms with Crippen LogP contribution in [-0.2, 0) is 6.54 Å². The number of hydrogen-bond acceptors (Lipinski definition) is 4. The molecule has 6 heteroatoms. The molecule has 1 aromatic heterocycles. The van der Waals surface area contributed by atoms with Gasteiger partial charge in [0.1, 0.15) is 11.6 Å². The highest BCUT2D eigenvalue weighted by molar-refractivity contribution is 9.10. The van der Waals surface area contributed by atoms with Gasteiger partial charge in [-0.25, -0.2) is 0 Å². The molecule has 0 fully saturated rings. The van der Waals surface area contributed by atoms with Gasteiger partial charge in [-0.15, -0.1) is 0 Å². The number of aromatic hydroxyl groups is 1. The first-order chi connectivity index (χ1) is 12.5. The van der Waals surface area contributed by atoms with Crippen LogP contribution in [-0.4, -0.2) is 15.9 Å². The van der Waals surface area contributed by atoms with Crippen molar-refractivity contribution in [3.63, 3.8) is 0 Å². The highest BCUT2D eigenvalue weighted by Gasteiger charge is 2.17. The average molecular weight is 416 g/mol. The molecule has 0 saturated heterocycles. The predicted molar refractivity (Wildman–Crippen MR) is 107 cm³/mol. The summed E-state index contributed by atoms with van der Waals surface area (Å²) in [5, 5.41) is 20.0. The van der Waals surface area contributed by atoms with Crippen molar-refractivity contribution in [1.29, 1.82) is 5.26 Å². The Balaban J connectivity index is 2.47. The van der Waals surface area contributed by atoms with E-state index in [0.29, 0.717) is 23.4 Å². The van der Waals surface area contributed by atoms with Gasteiger partial charge in [0.05, 0.1) is 11.3 Å². The Hall–Kier alpha value is -2.39. The van der Waals surface area contributed by atoms with Crippen LogP contribution < -0.4 is 5.56 Å². The first-order valence-electron chi connectivity index (χ1n) is 8.66. The number of aromatic nitrogens is 1. The number of nitrogens with zero attached hydrogens (tertiary/aromatic N) is 3. The van der Waals surface area contributed by atoms with E-state index in [1.807, 2.05) is 30.3 Å². The highest BCUT2D eigenvalue weighted by Crippen LogP contribution is 2.26. The standard InChI is InChI=1S/C20H22BrN3O2/c1-3-4-5-8-11-24-19(25)15(12-22)14(2)16(20(24)26)13-23-18-10-7-6-9-17(18)21/h6-7,9-10,13,26H,3-5,8,11H2,1-2H3. The number of hydrogen-bond donors (Lipinski definition) is 1. The predicted octanol–water partition coefficient (Wildman–Crippen LogP) is 4.83. The van der Waals surface area contributed by atoms with Crippen LogP contribution in [0.2, 0.25) is 0 Å². The molecule has 0 bridgehead atoms. The van der Waals surface area contributed by atoms with Crippen molar-refractivity contribution in [1.82, 2.24) is 4.57 Å². The van der Waals surface area contributed by atoms with Crippen molar-refractivity contribution in [2.45, 2.75) is 46.1 Å². The molecule has 136 valence electrons. The van der Waals surface area contributed by atoms with E-state index in [4.69, 9.17) is 0 Å². The molecule has 0 aliphatic heterocycles. The third-order valence-corrected chi connectivity index (χ3v) is 4.94. The monoisotopic (exact) mass is 415 g/mol. The number of benzene rings is 1. The smallest absolute Gasteiger partial charge is 0.271 e. The molecule has 26 heavy (non-hydrogen) atoms. The zero-order valence-electron chi connectivity index (χ0n) is 15.0. The lowest BCUT2D eigenvalue weighted by Crippen LogP contribution is -2.25. The van der Waals surface area contributed by atoms with Crippen LogP contribution in [0.15, 0.2) is 38.5 Å². The van der Waals surface area contributed by atoms with Gasteiger partial charge in [0.15, 0.2) is 0 Å². The third kappa shape index (κ3) is 4.41. The van der Waals surface area contributed by atoms with Crippen LogP contribution in [0, 0.1) is 18.3 Å². The minimum atomic E-state index is -0.447. The molecule has 0 saturated carbocycles. The van der Waals surface area contributed by atoms with Crippen molar-refractivity contribution in [2.24, 2.45) is 4.99 Å². The summed E-state index contributed by atoms with van der Waals surface area (Å²) in [6, 6.07) is 9.42. The second-order valence-corrected chi connectivity index (χ2v) is 6.93. The van der Waals surface area contributed by atoms with E-state index in [9.17, 15) is 15.2 Å². The molecule has 2 aromatic rings. The summed E-state index contributed by atoms with van der Waals surface area (Å²) >= 11 is 3.43. The van der Waals surface area contributed by atoms with Gasteiger partial charge >= 0.3 is 0 Å². The molecule has 2 rings (SSSR count). The van der Waals surface area contributed by atoms with Gasteiger partial charge in [0, 0.05) is 17.2 Å². The lowest BCUT2D eigenvalue weighted by Gasteiger charge is -2.14. The lowest BCUT2D eigenvalue weighted by atomic mass is 10.1. The van der Waals surface area contributed by atoms with E-state index in [-0.39, 0.29) is 11.4 Å². The van der Waals surface area contributed by atoms with Gasteiger partial charge in [-0.1, -0.05) is 38.3 Å². The van der Waals surface area contributed by atoms with Gasteiger partial charge in [0.25, 0.3) is 5.56 Å². The number of nitriles is 1. The second-order valence-electron chi connectivity index (χ2n) is 6.08.